The molecule has 2 N–H and O–H groups in total. The predicted octanol–water partition coefficient (Wildman–Crippen LogP) is 2.22. The first-order valence-electron chi connectivity index (χ1n) is 8.89. The third kappa shape index (κ3) is 4.65. The average molecular weight is 359 g/mol. The highest BCUT2D eigenvalue weighted by atomic mass is 16.7. The van der Waals surface area contributed by atoms with Crippen molar-refractivity contribution in [2.75, 3.05) is 19.9 Å². The Morgan fingerprint density at radius 3 is 2.85 bits per heavy atom. The second-order valence-corrected chi connectivity index (χ2v) is 6.26. The fourth-order valence-corrected chi connectivity index (χ4v) is 2.44. The molecule has 0 unspecified atom stereocenters. The highest BCUT2D eigenvalue weighted by Crippen LogP contribution is 2.32. The van der Waals surface area contributed by atoms with Gasteiger partial charge < -0.3 is 24.6 Å². The number of hydrogen-bond acceptors (Lipinski definition) is 6. The molecule has 3 rings (SSSR count). The number of nitrogens with one attached hydrogen (secondary N) is 2. The van der Waals surface area contributed by atoms with Gasteiger partial charge >= 0.3 is 0 Å². The molecule has 0 fully saturated rings. The van der Waals surface area contributed by atoms with Crippen molar-refractivity contribution in [1.82, 2.24) is 20.8 Å². The topological polar surface area (TPSA) is 93.8 Å². The molecule has 0 atom stereocenters. The van der Waals surface area contributed by atoms with Crippen LogP contribution in [0.2, 0.25) is 0 Å². The number of hydrogen-bond donors (Lipinski definition) is 2. The smallest absolute Gasteiger partial charge is 0.231 e. The molecule has 8 nitrogen and oxygen atoms in total. The van der Waals surface area contributed by atoms with Crippen LogP contribution < -0.4 is 20.1 Å². The fraction of sp³-hybridized carbons (Fsp3) is 0.500. The molecule has 2 heterocycles. The van der Waals surface area contributed by atoms with Crippen molar-refractivity contribution in [2.24, 2.45) is 4.99 Å². The maximum absolute atomic E-state index is 5.40. The van der Waals surface area contributed by atoms with E-state index in [1.807, 2.05) is 39.0 Å². The summed E-state index contributed by atoms with van der Waals surface area (Å²) >= 11 is 0. The van der Waals surface area contributed by atoms with Gasteiger partial charge in [0.1, 0.15) is 0 Å². The molecule has 0 radical (unpaired) electrons. The lowest BCUT2D eigenvalue weighted by Crippen LogP contribution is -2.38. The van der Waals surface area contributed by atoms with E-state index in [4.69, 9.17) is 14.0 Å². The summed E-state index contributed by atoms with van der Waals surface area (Å²) in [6, 6.07) is 5.86. The fourth-order valence-electron chi connectivity index (χ4n) is 2.44. The van der Waals surface area contributed by atoms with Gasteiger partial charge in [0.05, 0.1) is 6.54 Å². The number of benzene rings is 1. The summed E-state index contributed by atoms with van der Waals surface area (Å²) in [7, 11) is 0. The largest absolute Gasteiger partial charge is 0.454 e. The van der Waals surface area contributed by atoms with Crippen molar-refractivity contribution < 1.29 is 14.0 Å². The van der Waals surface area contributed by atoms with Crippen LogP contribution in [0.5, 0.6) is 11.5 Å². The molecule has 1 aliphatic rings. The molecule has 26 heavy (non-hydrogen) atoms. The number of nitrogens with zero attached hydrogens (tertiary/aromatic N) is 3. The van der Waals surface area contributed by atoms with Gasteiger partial charge in [0.2, 0.25) is 12.7 Å². The molecule has 0 bridgehead atoms. The average Bonchev–Trinajstić information content (AvgIpc) is 3.28. The lowest BCUT2D eigenvalue weighted by molar-refractivity contribution is 0.174. The normalized spacial score (nSPS) is 13.3. The first kappa shape index (κ1) is 18.0. The first-order chi connectivity index (χ1) is 12.7. The second kappa shape index (κ2) is 8.55. The van der Waals surface area contributed by atoms with Crippen molar-refractivity contribution >= 4 is 5.96 Å². The Kier molecular flexibility index (Phi) is 5.93. The van der Waals surface area contributed by atoms with E-state index in [1.165, 1.54) is 0 Å². The monoisotopic (exact) mass is 359 g/mol. The molecule has 0 aliphatic carbocycles. The maximum atomic E-state index is 5.40. The molecule has 1 aromatic carbocycles. The minimum atomic E-state index is 0.265. The number of guanidine groups is 1. The van der Waals surface area contributed by atoms with Crippen molar-refractivity contribution in [1.29, 1.82) is 0 Å². The molecule has 0 saturated carbocycles. The lowest BCUT2D eigenvalue weighted by Gasteiger charge is -2.10. The Labute approximate surface area is 153 Å². The quantitative estimate of drug-likeness (QED) is 0.578. The van der Waals surface area contributed by atoms with E-state index in [0.29, 0.717) is 25.4 Å². The molecular formula is C18H25N5O3. The van der Waals surface area contributed by atoms with Crippen LogP contribution >= 0.6 is 0 Å². The van der Waals surface area contributed by atoms with Crippen LogP contribution in [0.25, 0.3) is 0 Å². The first-order valence-corrected chi connectivity index (χ1v) is 8.89. The van der Waals surface area contributed by atoms with E-state index in [1.54, 1.807) is 0 Å². The molecular weight excluding hydrogens is 334 g/mol. The summed E-state index contributed by atoms with van der Waals surface area (Å²) < 4.78 is 16.0. The number of rotatable bonds is 7. The molecule has 8 heteroatoms. The minimum Gasteiger partial charge on any atom is -0.454 e. The Morgan fingerprint density at radius 1 is 1.23 bits per heavy atom. The van der Waals surface area contributed by atoms with Crippen LogP contribution in [0.15, 0.2) is 27.7 Å². The summed E-state index contributed by atoms with van der Waals surface area (Å²) in [5.41, 5.74) is 1.06. The molecule has 1 aliphatic heterocycles. The lowest BCUT2D eigenvalue weighted by atomic mass is 10.2. The van der Waals surface area contributed by atoms with Crippen molar-refractivity contribution in [3.05, 3.63) is 35.5 Å². The van der Waals surface area contributed by atoms with E-state index in [9.17, 15) is 0 Å². The molecule has 0 saturated heterocycles. The van der Waals surface area contributed by atoms with E-state index in [-0.39, 0.29) is 12.7 Å². The van der Waals surface area contributed by atoms with Crippen molar-refractivity contribution in [2.45, 2.75) is 39.7 Å². The SMILES string of the molecule is CCNC(=NCc1ccc2c(c1)OCO2)NCCc1nc(C(C)C)no1. The summed E-state index contributed by atoms with van der Waals surface area (Å²) in [6.45, 7) is 8.38. The maximum Gasteiger partial charge on any atom is 0.231 e. The number of fused-ring (bicyclic) bond motifs is 1. The predicted molar refractivity (Wildman–Crippen MR) is 97.5 cm³/mol. The van der Waals surface area contributed by atoms with Crippen molar-refractivity contribution in [3.63, 3.8) is 0 Å². The van der Waals surface area contributed by atoms with Gasteiger partial charge in [-0.3, -0.25) is 0 Å². The third-order valence-corrected chi connectivity index (χ3v) is 3.83. The summed E-state index contributed by atoms with van der Waals surface area (Å²) in [5.74, 6) is 3.93. The highest BCUT2D eigenvalue weighted by Gasteiger charge is 2.13. The van der Waals surface area contributed by atoms with Crippen LogP contribution in [-0.2, 0) is 13.0 Å². The summed E-state index contributed by atoms with van der Waals surface area (Å²) in [4.78, 5) is 8.98. The zero-order chi connectivity index (χ0) is 18.4. The number of ether oxygens (including phenoxy) is 2. The zero-order valence-electron chi connectivity index (χ0n) is 15.4. The van der Waals surface area contributed by atoms with Gasteiger partial charge in [0, 0.05) is 25.4 Å². The highest BCUT2D eigenvalue weighted by molar-refractivity contribution is 5.79. The van der Waals surface area contributed by atoms with Gasteiger partial charge in [-0.2, -0.15) is 4.98 Å². The molecule has 0 amide bonds. The molecule has 1 aromatic heterocycles. The Hall–Kier alpha value is -2.77. The second-order valence-electron chi connectivity index (χ2n) is 6.26. The van der Waals surface area contributed by atoms with Gasteiger partial charge in [-0.05, 0) is 24.6 Å². The zero-order valence-corrected chi connectivity index (χ0v) is 15.4. The van der Waals surface area contributed by atoms with Gasteiger partial charge in [-0.15, -0.1) is 0 Å². The van der Waals surface area contributed by atoms with E-state index in [0.717, 1.165) is 35.4 Å². The Morgan fingerprint density at radius 2 is 2.08 bits per heavy atom. The number of aromatic nitrogens is 2. The molecule has 0 spiro atoms. The van der Waals surface area contributed by atoms with Gasteiger partial charge in [-0.1, -0.05) is 25.1 Å². The van der Waals surface area contributed by atoms with E-state index >= 15 is 0 Å². The Bertz CT molecular complexity index is 757. The summed E-state index contributed by atoms with van der Waals surface area (Å²) in [5, 5.41) is 10.5. The minimum absolute atomic E-state index is 0.265. The molecule has 140 valence electrons. The van der Waals surface area contributed by atoms with Crippen LogP contribution in [0, 0.1) is 0 Å². The van der Waals surface area contributed by atoms with E-state index < -0.39 is 0 Å². The summed E-state index contributed by atoms with van der Waals surface area (Å²) in [6.07, 6.45) is 0.647. The third-order valence-electron chi connectivity index (χ3n) is 3.83. The van der Waals surface area contributed by atoms with Crippen LogP contribution in [0.4, 0.5) is 0 Å². The van der Waals surface area contributed by atoms with Crippen LogP contribution in [0.1, 0.15) is 44.0 Å². The van der Waals surface area contributed by atoms with Crippen LogP contribution in [-0.4, -0.2) is 36.0 Å². The van der Waals surface area contributed by atoms with Gasteiger partial charge in [0.15, 0.2) is 23.3 Å². The molecule has 2 aromatic rings. The van der Waals surface area contributed by atoms with Crippen LogP contribution in [0.3, 0.4) is 0 Å². The van der Waals surface area contributed by atoms with E-state index in [2.05, 4.69) is 25.8 Å². The van der Waals surface area contributed by atoms with Gasteiger partial charge in [0.25, 0.3) is 0 Å². The van der Waals surface area contributed by atoms with Gasteiger partial charge in [-0.25, -0.2) is 4.99 Å². The Balaban J connectivity index is 1.53. The van der Waals surface area contributed by atoms with Crippen molar-refractivity contribution in [3.8, 4) is 11.5 Å². The number of aliphatic imine (C=N–C) groups is 1. The standard InChI is InChI=1S/C18H25N5O3/c1-4-19-18(20-8-7-16-22-17(12(2)3)23-26-16)21-10-13-5-6-14-15(9-13)25-11-24-14/h5-6,9,12H,4,7-8,10-11H2,1-3H3,(H2,19,20,21).